The molecule has 0 atom stereocenters. The van der Waals surface area contributed by atoms with Crippen molar-refractivity contribution in [2.75, 3.05) is 5.32 Å². The minimum atomic E-state index is 0.173. The summed E-state index contributed by atoms with van der Waals surface area (Å²) in [6, 6.07) is 14.0. The molecule has 0 radical (unpaired) electrons. The van der Waals surface area contributed by atoms with Crippen molar-refractivity contribution in [3.63, 3.8) is 0 Å². The molecule has 2 aromatic carbocycles. The molecule has 0 bridgehead atoms. The Morgan fingerprint density at radius 1 is 1.05 bits per heavy atom. The number of rotatable bonds is 4. The molecular formula is C17H16IN3O. The predicted octanol–water partition coefficient (Wildman–Crippen LogP) is 4.77. The van der Waals surface area contributed by atoms with Gasteiger partial charge in [-0.25, -0.2) is 9.97 Å². The maximum Gasteiger partial charge on any atom is 0.141 e. The first-order valence-electron chi connectivity index (χ1n) is 7.06. The van der Waals surface area contributed by atoms with Gasteiger partial charge < -0.3 is 10.1 Å². The second kappa shape index (κ2) is 6.48. The second-order valence-corrected chi connectivity index (χ2v) is 6.45. The molecule has 5 heteroatoms. The molecule has 3 aromatic rings. The molecular weight excluding hydrogens is 389 g/mol. The molecule has 0 amide bonds. The van der Waals surface area contributed by atoms with Crippen LogP contribution in [0, 0.1) is 3.57 Å². The van der Waals surface area contributed by atoms with Crippen LogP contribution >= 0.6 is 22.6 Å². The van der Waals surface area contributed by atoms with Gasteiger partial charge in [0.1, 0.15) is 17.9 Å². The molecule has 0 aliphatic heterocycles. The van der Waals surface area contributed by atoms with Crippen LogP contribution in [-0.2, 0) is 0 Å². The fraction of sp³-hybridized carbons (Fsp3) is 0.176. The van der Waals surface area contributed by atoms with E-state index in [0.717, 1.165) is 31.7 Å². The summed E-state index contributed by atoms with van der Waals surface area (Å²) in [7, 11) is 0. The van der Waals surface area contributed by atoms with Crippen molar-refractivity contribution >= 4 is 45.0 Å². The predicted molar refractivity (Wildman–Crippen MR) is 97.7 cm³/mol. The Morgan fingerprint density at radius 3 is 2.55 bits per heavy atom. The molecule has 0 fully saturated rings. The zero-order valence-electron chi connectivity index (χ0n) is 12.4. The highest BCUT2D eigenvalue weighted by atomic mass is 127. The van der Waals surface area contributed by atoms with E-state index in [1.807, 2.05) is 50.2 Å². The Labute approximate surface area is 143 Å². The topological polar surface area (TPSA) is 47.0 Å². The first kappa shape index (κ1) is 15.0. The van der Waals surface area contributed by atoms with Gasteiger partial charge in [-0.05, 0) is 78.9 Å². The molecule has 1 heterocycles. The second-order valence-electron chi connectivity index (χ2n) is 5.20. The number of ether oxygens (including phenoxy) is 1. The number of halogens is 1. The van der Waals surface area contributed by atoms with E-state index in [4.69, 9.17) is 4.74 Å². The third kappa shape index (κ3) is 3.47. The molecule has 3 rings (SSSR count). The van der Waals surface area contributed by atoms with Crippen LogP contribution in [0.5, 0.6) is 5.75 Å². The van der Waals surface area contributed by atoms with Crippen LogP contribution in [0.4, 0.5) is 11.5 Å². The standard InChI is InChI=1S/C17H16IN3O/c1-11(2)22-14-6-4-13(5-7-14)21-17-15-9-12(18)3-8-16(15)19-10-20-17/h3-11H,1-2H3,(H,19,20,21). The van der Waals surface area contributed by atoms with Gasteiger partial charge >= 0.3 is 0 Å². The van der Waals surface area contributed by atoms with E-state index in [1.54, 1.807) is 6.33 Å². The zero-order chi connectivity index (χ0) is 15.5. The summed E-state index contributed by atoms with van der Waals surface area (Å²) >= 11 is 2.29. The average Bonchev–Trinajstić information content (AvgIpc) is 2.49. The van der Waals surface area contributed by atoms with E-state index in [1.165, 1.54) is 0 Å². The molecule has 112 valence electrons. The van der Waals surface area contributed by atoms with Crippen LogP contribution in [-0.4, -0.2) is 16.1 Å². The van der Waals surface area contributed by atoms with Crippen LogP contribution in [0.25, 0.3) is 10.9 Å². The summed E-state index contributed by atoms with van der Waals surface area (Å²) in [5, 5.41) is 4.36. The Balaban J connectivity index is 1.88. The van der Waals surface area contributed by atoms with E-state index >= 15 is 0 Å². The SMILES string of the molecule is CC(C)Oc1ccc(Nc2ncnc3ccc(I)cc23)cc1. The van der Waals surface area contributed by atoms with Gasteiger partial charge in [0.15, 0.2) is 0 Å². The maximum absolute atomic E-state index is 5.65. The van der Waals surface area contributed by atoms with E-state index in [0.29, 0.717) is 0 Å². The number of nitrogens with one attached hydrogen (secondary N) is 1. The normalized spacial score (nSPS) is 10.9. The monoisotopic (exact) mass is 405 g/mol. The van der Waals surface area contributed by atoms with Crippen LogP contribution < -0.4 is 10.1 Å². The van der Waals surface area contributed by atoms with Gasteiger partial charge in [-0.3, -0.25) is 0 Å². The molecule has 0 aliphatic carbocycles. The van der Waals surface area contributed by atoms with Gasteiger partial charge in [0.2, 0.25) is 0 Å². The van der Waals surface area contributed by atoms with Crippen LogP contribution in [0.3, 0.4) is 0 Å². The van der Waals surface area contributed by atoms with Gasteiger partial charge in [0.05, 0.1) is 11.6 Å². The lowest BCUT2D eigenvalue weighted by molar-refractivity contribution is 0.242. The van der Waals surface area contributed by atoms with Crippen molar-refractivity contribution in [1.29, 1.82) is 0 Å². The Bertz CT molecular complexity index is 788. The molecule has 1 aromatic heterocycles. The first-order valence-corrected chi connectivity index (χ1v) is 8.14. The average molecular weight is 405 g/mol. The maximum atomic E-state index is 5.65. The summed E-state index contributed by atoms with van der Waals surface area (Å²) in [6.45, 7) is 4.03. The number of hydrogen-bond acceptors (Lipinski definition) is 4. The zero-order valence-corrected chi connectivity index (χ0v) is 14.5. The summed E-state index contributed by atoms with van der Waals surface area (Å²) in [5.41, 5.74) is 1.90. The van der Waals surface area contributed by atoms with Crippen molar-refractivity contribution in [2.24, 2.45) is 0 Å². The fourth-order valence-electron chi connectivity index (χ4n) is 2.15. The Kier molecular flexibility index (Phi) is 4.42. The summed E-state index contributed by atoms with van der Waals surface area (Å²) < 4.78 is 6.81. The van der Waals surface area contributed by atoms with E-state index in [2.05, 4.69) is 43.9 Å². The van der Waals surface area contributed by atoms with Crippen molar-refractivity contribution < 1.29 is 4.74 Å². The molecule has 0 saturated carbocycles. The fourth-order valence-corrected chi connectivity index (χ4v) is 2.65. The van der Waals surface area contributed by atoms with Crippen LogP contribution in [0.15, 0.2) is 48.8 Å². The summed E-state index contributed by atoms with van der Waals surface area (Å²) in [4.78, 5) is 8.65. The van der Waals surface area contributed by atoms with Gasteiger partial charge in [0, 0.05) is 14.6 Å². The van der Waals surface area contributed by atoms with Crippen molar-refractivity contribution in [2.45, 2.75) is 20.0 Å². The smallest absolute Gasteiger partial charge is 0.141 e. The van der Waals surface area contributed by atoms with E-state index in [9.17, 15) is 0 Å². The van der Waals surface area contributed by atoms with Gasteiger partial charge in [-0.15, -0.1) is 0 Å². The lowest BCUT2D eigenvalue weighted by atomic mass is 10.2. The Hall–Kier alpha value is -1.89. The lowest BCUT2D eigenvalue weighted by Crippen LogP contribution is -2.05. The highest BCUT2D eigenvalue weighted by Gasteiger charge is 2.05. The molecule has 4 nitrogen and oxygen atoms in total. The highest BCUT2D eigenvalue weighted by molar-refractivity contribution is 14.1. The van der Waals surface area contributed by atoms with Crippen molar-refractivity contribution in [3.8, 4) is 5.75 Å². The summed E-state index contributed by atoms with van der Waals surface area (Å²) in [6.07, 6.45) is 1.75. The molecule has 0 saturated heterocycles. The van der Waals surface area contributed by atoms with Gasteiger partial charge in [0.25, 0.3) is 0 Å². The molecule has 0 spiro atoms. The highest BCUT2D eigenvalue weighted by Crippen LogP contribution is 2.25. The van der Waals surface area contributed by atoms with Crippen molar-refractivity contribution in [1.82, 2.24) is 9.97 Å². The number of anilines is 2. The van der Waals surface area contributed by atoms with Crippen LogP contribution in [0.1, 0.15) is 13.8 Å². The number of nitrogens with zero attached hydrogens (tertiary/aromatic N) is 2. The van der Waals surface area contributed by atoms with E-state index in [-0.39, 0.29) is 6.10 Å². The number of fused-ring (bicyclic) bond motifs is 1. The summed E-state index contributed by atoms with van der Waals surface area (Å²) in [5.74, 6) is 1.67. The first-order chi connectivity index (χ1) is 10.6. The lowest BCUT2D eigenvalue weighted by Gasteiger charge is -2.11. The number of aromatic nitrogens is 2. The van der Waals surface area contributed by atoms with E-state index < -0.39 is 0 Å². The quantitative estimate of drug-likeness (QED) is 0.636. The third-order valence-corrected chi connectivity index (χ3v) is 3.76. The van der Waals surface area contributed by atoms with Gasteiger partial charge in [-0.2, -0.15) is 0 Å². The molecule has 1 N–H and O–H groups in total. The number of benzene rings is 2. The molecule has 0 unspecified atom stereocenters. The Morgan fingerprint density at radius 2 is 1.82 bits per heavy atom. The third-order valence-electron chi connectivity index (χ3n) is 3.09. The number of hydrogen-bond donors (Lipinski definition) is 1. The largest absolute Gasteiger partial charge is 0.491 e. The molecule has 22 heavy (non-hydrogen) atoms. The van der Waals surface area contributed by atoms with Crippen molar-refractivity contribution in [3.05, 3.63) is 52.4 Å². The van der Waals surface area contributed by atoms with Crippen LogP contribution in [0.2, 0.25) is 0 Å². The minimum Gasteiger partial charge on any atom is -0.491 e. The van der Waals surface area contributed by atoms with Gasteiger partial charge in [-0.1, -0.05) is 0 Å². The minimum absolute atomic E-state index is 0.173. The molecule has 0 aliphatic rings.